The highest BCUT2D eigenvalue weighted by molar-refractivity contribution is 7.10. The van der Waals surface area contributed by atoms with Gasteiger partial charge in [0.25, 0.3) is 0 Å². The third-order valence-corrected chi connectivity index (χ3v) is 1.89. The molecule has 0 saturated heterocycles. The highest BCUT2D eigenvalue weighted by Crippen LogP contribution is 2.17. The Balaban J connectivity index is 0.000000291. The van der Waals surface area contributed by atoms with Gasteiger partial charge < -0.3 is 0 Å². The van der Waals surface area contributed by atoms with E-state index in [0.29, 0.717) is 0 Å². The first-order valence-corrected chi connectivity index (χ1v) is 4.16. The van der Waals surface area contributed by atoms with Crippen molar-refractivity contribution in [1.82, 2.24) is 4.37 Å². The summed E-state index contributed by atoms with van der Waals surface area (Å²) in [6.07, 6.45) is 3.23. The molecule has 0 saturated carbocycles. The van der Waals surface area contributed by atoms with Crippen LogP contribution in [0.25, 0.3) is 0 Å². The van der Waals surface area contributed by atoms with Crippen LogP contribution in [0.3, 0.4) is 0 Å². The standard InChI is InChI=1S/C4H4ClNS.CH3Cl/c1-3-2-6-7-4(3)5;1-2/h2H,1H3;1H3. The van der Waals surface area contributed by atoms with Gasteiger partial charge in [-0.15, -0.1) is 11.6 Å². The second-order valence-corrected chi connectivity index (χ2v) is 2.69. The van der Waals surface area contributed by atoms with E-state index in [-0.39, 0.29) is 0 Å². The summed E-state index contributed by atoms with van der Waals surface area (Å²) >= 11 is 11.5. The highest BCUT2D eigenvalue weighted by atomic mass is 35.5. The second kappa shape index (κ2) is 5.03. The largest absolute Gasteiger partial charge is 0.199 e. The van der Waals surface area contributed by atoms with Gasteiger partial charge in [-0.3, -0.25) is 0 Å². The van der Waals surface area contributed by atoms with Crippen LogP contribution in [-0.2, 0) is 0 Å². The molecule has 1 heterocycles. The van der Waals surface area contributed by atoms with Gasteiger partial charge in [0.2, 0.25) is 0 Å². The van der Waals surface area contributed by atoms with Crippen molar-refractivity contribution in [3.63, 3.8) is 0 Å². The van der Waals surface area contributed by atoms with Crippen LogP contribution in [0.1, 0.15) is 5.56 Å². The van der Waals surface area contributed by atoms with E-state index in [9.17, 15) is 0 Å². The van der Waals surface area contributed by atoms with Crippen LogP contribution in [0.4, 0.5) is 0 Å². The van der Waals surface area contributed by atoms with Crippen molar-refractivity contribution >= 4 is 34.7 Å². The number of alkyl halides is 1. The molecule has 4 heteroatoms. The van der Waals surface area contributed by atoms with Crippen LogP contribution in [0.2, 0.25) is 4.34 Å². The fourth-order valence-electron chi connectivity index (χ4n) is 0.274. The summed E-state index contributed by atoms with van der Waals surface area (Å²) in [6.45, 7) is 1.94. The SMILES string of the molecule is CCl.Cc1cnsc1Cl. The molecule has 1 nitrogen and oxygen atoms in total. The first-order valence-electron chi connectivity index (χ1n) is 2.25. The molecule has 0 fully saturated rings. The Kier molecular flexibility index (Phi) is 5.15. The molecule has 1 aromatic heterocycles. The van der Waals surface area contributed by atoms with Crippen molar-refractivity contribution in [1.29, 1.82) is 0 Å². The van der Waals surface area contributed by atoms with Gasteiger partial charge in [-0.25, -0.2) is 0 Å². The van der Waals surface area contributed by atoms with Crippen molar-refractivity contribution in [2.75, 3.05) is 6.38 Å². The molecule has 0 bridgehead atoms. The lowest BCUT2D eigenvalue weighted by atomic mass is 10.4. The van der Waals surface area contributed by atoms with Gasteiger partial charge in [-0.05, 0) is 24.0 Å². The fraction of sp³-hybridized carbons (Fsp3) is 0.400. The Labute approximate surface area is 68.8 Å². The average Bonchev–Trinajstić information content (AvgIpc) is 2.23. The maximum atomic E-state index is 5.58. The molecule has 0 atom stereocenters. The van der Waals surface area contributed by atoms with Gasteiger partial charge in [-0.1, -0.05) is 11.6 Å². The van der Waals surface area contributed by atoms with Crippen molar-refractivity contribution in [2.45, 2.75) is 6.92 Å². The molecule has 0 spiro atoms. The van der Waals surface area contributed by atoms with Crippen molar-refractivity contribution < 1.29 is 0 Å². The molecule has 0 aliphatic heterocycles. The molecule has 1 aromatic rings. The van der Waals surface area contributed by atoms with E-state index in [4.69, 9.17) is 11.6 Å². The average molecular weight is 184 g/mol. The third kappa shape index (κ3) is 3.04. The first kappa shape index (κ1) is 9.21. The summed E-state index contributed by atoms with van der Waals surface area (Å²) in [6, 6.07) is 0. The van der Waals surface area contributed by atoms with Gasteiger partial charge in [0.15, 0.2) is 0 Å². The molecule has 0 aliphatic rings. The molecule has 52 valence electrons. The molecule has 0 N–H and O–H groups in total. The topological polar surface area (TPSA) is 12.9 Å². The van der Waals surface area contributed by atoms with Crippen LogP contribution in [0, 0.1) is 6.92 Å². The number of hydrogen-bond acceptors (Lipinski definition) is 2. The molecule has 9 heavy (non-hydrogen) atoms. The summed E-state index contributed by atoms with van der Waals surface area (Å²) in [5.41, 5.74) is 1.06. The van der Waals surface area contributed by atoms with Gasteiger partial charge in [-0.2, -0.15) is 4.37 Å². The molecule has 0 unspecified atom stereocenters. The molecule has 0 radical (unpaired) electrons. The summed E-state index contributed by atoms with van der Waals surface area (Å²) < 4.78 is 4.62. The molecule has 1 rings (SSSR count). The smallest absolute Gasteiger partial charge is 0.116 e. The number of nitrogens with zero attached hydrogens (tertiary/aromatic N) is 1. The lowest BCUT2D eigenvalue weighted by Crippen LogP contribution is -1.55. The maximum absolute atomic E-state index is 5.58. The van der Waals surface area contributed by atoms with Gasteiger partial charge in [0.1, 0.15) is 4.34 Å². The van der Waals surface area contributed by atoms with Gasteiger partial charge in [0.05, 0.1) is 0 Å². The van der Waals surface area contributed by atoms with E-state index in [0.717, 1.165) is 9.90 Å². The molecule has 0 amide bonds. The van der Waals surface area contributed by atoms with Crippen LogP contribution < -0.4 is 0 Å². The lowest BCUT2D eigenvalue weighted by Gasteiger charge is -1.74. The van der Waals surface area contributed by atoms with Gasteiger partial charge in [0, 0.05) is 12.6 Å². The number of hydrogen-bond donors (Lipinski definition) is 0. The van der Waals surface area contributed by atoms with Gasteiger partial charge >= 0.3 is 0 Å². The van der Waals surface area contributed by atoms with Crippen LogP contribution in [-0.4, -0.2) is 10.8 Å². The Morgan fingerprint density at radius 3 is 2.22 bits per heavy atom. The van der Waals surface area contributed by atoms with Crippen LogP contribution >= 0.6 is 34.7 Å². The number of aryl methyl sites for hydroxylation is 1. The summed E-state index contributed by atoms with van der Waals surface area (Å²) in [7, 11) is 0. The van der Waals surface area contributed by atoms with E-state index >= 15 is 0 Å². The third-order valence-electron chi connectivity index (χ3n) is 0.689. The molecule has 0 aliphatic carbocycles. The zero-order valence-corrected chi connectivity index (χ0v) is 7.52. The quantitative estimate of drug-likeness (QED) is 0.565. The van der Waals surface area contributed by atoms with E-state index in [1.165, 1.54) is 17.9 Å². The number of aromatic nitrogens is 1. The molecular formula is C5H7Cl2NS. The Bertz CT molecular complexity index is 147. The Morgan fingerprint density at radius 1 is 1.56 bits per heavy atom. The minimum absolute atomic E-state index is 0.792. The van der Waals surface area contributed by atoms with Crippen LogP contribution in [0.15, 0.2) is 6.20 Å². The van der Waals surface area contributed by atoms with Crippen molar-refractivity contribution in [3.05, 3.63) is 16.1 Å². The van der Waals surface area contributed by atoms with Crippen molar-refractivity contribution in [2.24, 2.45) is 0 Å². The minimum atomic E-state index is 0.792. The lowest BCUT2D eigenvalue weighted by molar-refractivity contribution is 1.46. The van der Waals surface area contributed by atoms with Crippen molar-refractivity contribution in [3.8, 4) is 0 Å². The Morgan fingerprint density at radius 2 is 2.11 bits per heavy atom. The normalized spacial score (nSPS) is 8.00. The summed E-state index contributed by atoms with van der Waals surface area (Å²) in [5.74, 6) is 0. The first-order chi connectivity index (χ1) is 4.30. The zero-order valence-electron chi connectivity index (χ0n) is 5.19. The van der Waals surface area contributed by atoms with E-state index < -0.39 is 0 Å². The second-order valence-electron chi connectivity index (χ2n) is 1.28. The Hall–Kier alpha value is 0.210. The van der Waals surface area contributed by atoms with E-state index in [1.807, 2.05) is 6.92 Å². The summed E-state index contributed by atoms with van der Waals surface area (Å²) in [4.78, 5) is 0. The number of rotatable bonds is 0. The van der Waals surface area contributed by atoms with Crippen LogP contribution in [0.5, 0.6) is 0 Å². The predicted molar refractivity (Wildman–Crippen MR) is 43.6 cm³/mol. The molecule has 0 aromatic carbocycles. The van der Waals surface area contributed by atoms with E-state index in [2.05, 4.69) is 16.0 Å². The summed E-state index contributed by atoms with van der Waals surface area (Å²) in [5, 5.41) is 0. The van der Waals surface area contributed by atoms with E-state index in [1.54, 1.807) is 6.20 Å². The predicted octanol–water partition coefficient (Wildman–Crippen LogP) is 2.96. The minimum Gasteiger partial charge on any atom is -0.199 e. The maximum Gasteiger partial charge on any atom is 0.116 e. The highest BCUT2D eigenvalue weighted by Gasteiger charge is 1.91. The monoisotopic (exact) mass is 183 g/mol. The zero-order chi connectivity index (χ0) is 7.28. The fourth-order valence-corrected chi connectivity index (χ4v) is 0.943. The molecular weight excluding hydrogens is 177 g/mol. The number of halogens is 2.